The molecule has 1 fully saturated rings. The minimum absolute atomic E-state index is 0. The van der Waals surface area contributed by atoms with Crippen molar-refractivity contribution in [3.63, 3.8) is 0 Å². The van der Waals surface area contributed by atoms with Gasteiger partial charge >= 0.3 is 0 Å². The predicted octanol–water partition coefficient (Wildman–Crippen LogP) is 2.01. The minimum Gasteiger partial charge on any atom is -0.353 e. The van der Waals surface area contributed by atoms with Gasteiger partial charge in [-0.15, -0.1) is 12.4 Å². The number of rotatable bonds is 1. The Morgan fingerprint density at radius 3 is 2.65 bits per heavy atom. The molecule has 0 radical (unpaired) electrons. The summed E-state index contributed by atoms with van der Waals surface area (Å²) in [4.78, 5) is 10.9. The molecule has 0 atom stereocenters. The van der Waals surface area contributed by atoms with E-state index in [1.807, 2.05) is 24.3 Å². The van der Waals surface area contributed by atoms with Crippen LogP contribution >= 0.6 is 12.4 Å². The third-order valence-electron chi connectivity index (χ3n) is 2.82. The fraction of sp³-hybridized carbons (Fsp3) is 0.250. The molecule has 0 aliphatic carbocycles. The van der Waals surface area contributed by atoms with Crippen molar-refractivity contribution in [3.8, 4) is 6.07 Å². The molecule has 1 aliphatic rings. The molecule has 3 rings (SSSR count). The second-order valence-electron chi connectivity index (χ2n) is 3.95. The molecule has 1 aromatic carbocycles. The monoisotopic (exact) mass is 246 g/mol. The van der Waals surface area contributed by atoms with Crippen LogP contribution in [0.4, 0.5) is 5.82 Å². The van der Waals surface area contributed by atoms with Crippen molar-refractivity contribution in [2.45, 2.75) is 0 Å². The quantitative estimate of drug-likeness (QED) is 0.773. The summed E-state index contributed by atoms with van der Waals surface area (Å²) in [6.45, 7) is 1.53. The maximum atomic E-state index is 8.71. The number of nitrogens with zero attached hydrogens (tertiary/aromatic N) is 4. The third-order valence-corrected chi connectivity index (χ3v) is 2.82. The molecule has 17 heavy (non-hydrogen) atoms. The van der Waals surface area contributed by atoms with Crippen molar-refractivity contribution in [1.29, 1.82) is 5.26 Å². The standard InChI is InChI=1S/C12H10N4.ClH/c13-5-9-7-16(8-9)12-6-14-10-3-1-2-4-11(10)15-12;/h1-4,6,9H,7-8H2;1H. The lowest BCUT2D eigenvalue weighted by Gasteiger charge is -2.35. The van der Waals surface area contributed by atoms with Crippen molar-refractivity contribution in [2.75, 3.05) is 18.0 Å². The summed E-state index contributed by atoms with van der Waals surface area (Å²) in [7, 11) is 0. The maximum absolute atomic E-state index is 8.71. The summed E-state index contributed by atoms with van der Waals surface area (Å²) < 4.78 is 0. The molecule has 1 aromatic heterocycles. The van der Waals surface area contributed by atoms with E-state index in [0.29, 0.717) is 0 Å². The van der Waals surface area contributed by atoms with Gasteiger partial charge in [-0.3, -0.25) is 4.98 Å². The Morgan fingerprint density at radius 2 is 1.94 bits per heavy atom. The number of anilines is 1. The fourth-order valence-corrected chi connectivity index (χ4v) is 1.85. The summed E-state index contributed by atoms with van der Waals surface area (Å²) in [5, 5.41) is 8.71. The van der Waals surface area contributed by atoms with Crippen molar-refractivity contribution < 1.29 is 0 Å². The number of nitriles is 1. The summed E-state index contributed by atoms with van der Waals surface area (Å²) in [5.41, 5.74) is 1.81. The van der Waals surface area contributed by atoms with Crippen LogP contribution < -0.4 is 4.90 Å². The highest BCUT2D eigenvalue weighted by Gasteiger charge is 2.27. The Morgan fingerprint density at radius 1 is 1.24 bits per heavy atom. The van der Waals surface area contributed by atoms with E-state index in [4.69, 9.17) is 5.26 Å². The van der Waals surface area contributed by atoms with E-state index in [0.717, 1.165) is 29.9 Å². The van der Waals surface area contributed by atoms with Crippen LogP contribution in [-0.2, 0) is 0 Å². The maximum Gasteiger partial charge on any atom is 0.147 e. The van der Waals surface area contributed by atoms with Gasteiger partial charge in [0.15, 0.2) is 0 Å². The Labute approximate surface area is 105 Å². The van der Waals surface area contributed by atoms with Gasteiger partial charge < -0.3 is 4.90 Å². The molecule has 2 heterocycles. The Bertz CT molecular complexity index is 572. The highest BCUT2D eigenvalue weighted by Crippen LogP contribution is 2.22. The molecule has 4 nitrogen and oxygen atoms in total. The Kier molecular flexibility index (Phi) is 3.12. The number of hydrogen-bond donors (Lipinski definition) is 0. The highest BCUT2D eigenvalue weighted by atomic mass is 35.5. The number of hydrogen-bond acceptors (Lipinski definition) is 4. The van der Waals surface area contributed by atoms with Gasteiger partial charge in [-0.2, -0.15) is 5.26 Å². The molecular formula is C12H11ClN4. The normalized spacial score (nSPS) is 14.9. The van der Waals surface area contributed by atoms with Crippen LogP contribution in [0.3, 0.4) is 0 Å². The van der Waals surface area contributed by atoms with E-state index in [2.05, 4.69) is 20.9 Å². The summed E-state index contributed by atoms with van der Waals surface area (Å²) in [5.74, 6) is 1.01. The first-order chi connectivity index (χ1) is 7.86. The molecular weight excluding hydrogens is 236 g/mol. The largest absolute Gasteiger partial charge is 0.353 e. The van der Waals surface area contributed by atoms with Gasteiger partial charge in [-0.1, -0.05) is 12.1 Å². The van der Waals surface area contributed by atoms with Gasteiger partial charge in [0.05, 0.1) is 29.2 Å². The molecule has 0 unspecified atom stereocenters. The topological polar surface area (TPSA) is 52.8 Å². The minimum atomic E-state index is 0. The molecule has 86 valence electrons. The molecule has 0 amide bonds. The van der Waals surface area contributed by atoms with E-state index in [1.54, 1.807) is 6.20 Å². The number of halogens is 1. The van der Waals surface area contributed by atoms with Crippen LogP contribution in [-0.4, -0.2) is 23.1 Å². The fourth-order valence-electron chi connectivity index (χ4n) is 1.85. The van der Waals surface area contributed by atoms with Gasteiger partial charge in [-0.25, -0.2) is 4.98 Å². The first-order valence-electron chi connectivity index (χ1n) is 5.23. The Balaban J connectivity index is 0.00000108. The van der Waals surface area contributed by atoms with E-state index >= 15 is 0 Å². The lowest BCUT2D eigenvalue weighted by Crippen LogP contribution is -2.46. The first kappa shape index (κ1) is 11.6. The van der Waals surface area contributed by atoms with Gasteiger partial charge in [0.2, 0.25) is 0 Å². The zero-order valence-corrected chi connectivity index (χ0v) is 9.89. The average Bonchev–Trinajstić information content (AvgIpc) is 2.27. The second-order valence-corrected chi connectivity index (χ2v) is 3.95. The van der Waals surface area contributed by atoms with Crippen LogP contribution in [0.2, 0.25) is 0 Å². The van der Waals surface area contributed by atoms with Crippen LogP contribution in [0.15, 0.2) is 30.5 Å². The van der Waals surface area contributed by atoms with Crippen molar-refractivity contribution in [2.24, 2.45) is 5.92 Å². The summed E-state index contributed by atoms with van der Waals surface area (Å²) in [6, 6.07) is 10.0. The molecule has 1 aliphatic heterocycles. The average molecular weight is 247 g/mol. The molecule has 0 spiro atoms. The number of aromatic nitrogens is 2. The van der Waals surface area contributed by atoms with Gasteiger partial charge in [-0.05, 0) is 12.1 Å². The zero-order chi connectivity index (χ0) is 11.0. The van der Waals surface area contributed by atoms with Crippen molar-refractivity contribution in [3.05, 3.63) is 30.5 Å². The van der Waals surface area contributed by atoms with Crippen molar-refractivity contribution >= 4 is 29.3 Å². The Hall–Kier alpha value is -1.86. The number of benzene rings is 1. The van der Waals surface area contributed by atoms with Gasteiger partial charge in [0, 0.05) is 13.1 Å². The van der Waals surface area contributed by atoms with E-state index in [-0.39, 0.29) is 18.3 Å². The third kappa shape index (κ3) is 2.02. The molecule has 0 N–H and O–H groups in total. The predicted molar refractivity (Wildman–Crippen MR) is 68.1 cm³/mol. The first-order valence-corrected chi connectivity index (χ1v) is 5.23. The smallest absolute Gasteiger partial charge is 0.147 e. The van der Waals surface area contributed by atoms with Crippen LogP contribution in [0.5, 0.6) is 0 Å². The van der Waals surface area contributed by atoms with Crippen LogP contribution in [0.1, 0.15) is 0 Å². The molecule has 0 bridgehead atoms. The van der Waals surface area contributed by atoms with Crippen molar-refractivity contribution in [1.82, 2.24) is 9.97 Å². The number of para-hydroxylation sites is 2. The van der Waals surface area contributed by atoms with E-state index < -0.39 is 0 Å². The lowest BCUT2D eigenvalue weighted by atomic mass is 10.0. The van der Waals surface area contributed by atoms with Crippen LogP contribution in [0, 0.1) is 17.2 Å². The second kappa shape index (κ2) is 4.56. The molecule has 1 saturated heterocycles. The number of fused-ring (bicyclic) bond motifs is 1. The van der Waals surface area contributed by atoms with Gasteiger partial charge in [0.1, 0.15) is 5.82 Å². The molecule has 2 aromatic rings. The van der Waals surface area contributed by atoms with Crippen LogP contribution in [0.25, 0.3) is 11.0 Å². The SMILES string of the molecule is Cl.N#CC1CN(c2cnc3ccccc3n2)C1. The summed E-state index contributed by atoms with van der Waals surface area (Å²) in [6.07, 6.45) is 1.77. The highest BCUT2D eigenvalue weighted by molar-refractivity contribution is 5.85. The molecule has 0 saturated carbocycles. The van der Waals surface area contributed by atoms with E-state index in [1.165, 1.54) is 0 Å². The lowest BCUT2D eigenvalue weighted by molar-refractivity contribution is 0.499. The zero-order valence-electron chi connectivity index (χ0n) is 9.08. The van der Waals surface area contributed by atoms with E-state index in [9.17, 15) is 0 Å². The molecule has 5 heteroatoms. The van der Waals surface area contributed by atoms with Gasteiger partial charge in [0.25, 0.3) is 0 Å². The summed E-state index contributed by atoms with van der Waals surface area (Å²) >= 11 is 0.